The Morgan fingerprint density at radius 1 is 0.800 bits per heavy atom. The molecular formula is C24H33N5O6. The van der Waals surface area contributed by atoms with Gasteiger partial charge in [-0.1, -0.05) is 30.2 Å². The van der Waals surface area contributed by atoms with Crippen molar-refractivity contribution in [2.45, 2.75) is 19.9 Å². The number of terminal acetylenes is 1. The summed E-state index contributed by atoms with van der Waals surface area (Å²) in [6.07, 6.45) is 5.35. The lowest BCUT2D eigenvalue weighted by Gasteiger charge is -2.08. The van der Waals surface area contributed by atoms with Crippen LogP contribution < -0.4 is 5.32 Å². The molecule has 190 valence electrons. The second kappa shape index (κ2) is 18.3. The maximum absolute atomic E-state index is 12.0. The van der Waals surface area contributed by atoms with E-state index in [1.807, 2.05) is 24.3 Å². The normalized spacial score (nSPS) is 10.7. The Bertz CT molecular complexity index is 873. The number of aromatic nitrogens is 4. The molecule has 0 bridgehead atoms. The minimum Gasteiger partial charge on any atom is -0.379 e. The van der Waals surface area contributed by atoms with Gasteiger partial charge in [-0.05, 0) is 12.5 Å². The van der Waals surface area contributed by atoms with Crippen molar-refractivity contribution in [2.75, 3.05) is 66.1 Å². The first kappa shape index (κ1) is 28.2. The molecular weight excluding hydrogens is 454 g/mol. The number of carbonyl (C=O) groups excluding carboxylic acids is 1. The number of ether oxygens (including phenoxy) is 5. The largest absolute Gasteiger partial charge is 0.379 e. The van der Waals surface area contributed by atoms with Gasteiger partial charge in [-0.15, -0.1) is 26.8 Å². The van der Waals surface area contributed by atoms with Gasteiger partial charge >= 0.3 is 0 Å². The topological polar surface area (TPSA) is 127 Å². The van der Waals surface area contributed by atoms with E-state index in [0.29, 0.717) is 84.3 Å². The Labute approximate surface area is 205 Å². The first-order valence-corrected chi connectivity index (χ1v) is 11.4. The molecule has 0 radical (unpaired) electrons. The molecule has 11 nitrogen and oxygen atoms in total. The fourth-order valence-corrected chi connectivity index (χ4v) is 2.63. The third-order valence-corrected chi connectivity index (χ3v) is 4.43. The number of benzene rings is 1. The Kier molecular flexibility index (Phi) is 14.8. The first-order valence-electron chi connectivity index (χ1n) is 11.4. The first-order chi connectivity index (χ1) is 17.2. The van der Waals surface area contributed by atoms with Gasteiger partial charge in [0.2, 0.25) is 11.7 Å². The fourth-order valence-electron chi connectivity index (χ4n) is 2.63. The molecule has 2 rings (SSSR count). The van der Waals surface area contributed by atoms with Crippen molar-refractivity contribution in [1.82, 2.24) is 25.7 Å². The van der Waals surface area contributed by atoms with Crippen LogP contribution in [-0.2, 0) is 35.0 Å². The number of nitrogens with zero attached hydrogens (tertiary/aromatic N) is 4. The van der Waals surface area contributed by atoms with Crippen molar-refractivity contribution >= 4 is 5.91 Å². The number of hydrogen-bond donors (Lipinski definition) is 1. The maximum Gasteiger partial charge on any atom is 0.222 e. The molecule has 2 aromatic rings. The van der Waals surface area contributed by atoms with Crippen LogP contribution in [0.5, 0.6) is 0 Å². The minimum atomic E-state index is -0.0801. The monoisotopic (exact) mass is 487 g/mol. The summed E-state index contributed by atoms with van der Waals surface area (Å²) in [7, 11) is 0. The third kappa shape index (κ3) is 13.5. The molecule has 0 unspecified atom stereocenters. The van der Waals surface area contributed by atoms with Crippen LogP contribution in [0.2, 0.25) is 0 Å². The fraction of sp³-hybridized carbons (Fsp3) is 0.542. The van der Waals surface area contributed by atoms with E-state index in [4.69, 9.17) is 30.1 Å². The standard InChI is InChI=1S/C24H33N5O6/c1-3-9-31-11-13-33-15-17-35-18-16-34-14-12-32-10-8-23(30)25-19-21-4-6-22(7-5-21)24-28-26-20(2)27-29-24/h1,4-7H,8-19H2,2H3,(H,25,30). The number of rotatable bonds is 19. The van der Waals surface area contributed by atoms with Gasteiger partial charge < -0.3 is 29.0 Å². The molecule has 0 aliphatic rings. The number of carbonyl (C=O) groups is 1. The lowest BCUT2D eigenvalue weighted by molar-refractivity contribution is -0.122. The highest BCUT2D eigenvalue weighted by Gasteiger charge is 2.05. The van der Waals surface area contributed by atoms with E-state index in [0.717, 1.165) is 11.1 Å². The summed E-state index contributed by atoms with van der Waals surface area (Å²) in [6, 6.07) is 7.55. The number of aryl methyl sites for hydroxylation is 1. The van der Waals surface area contributed by atoms with Gasteiger partial charge in [0.1, 0.15) is 6.61 Å². The second-order valence-corrected chi connectivity index (χ2v) is 7.20. The van der Waals surface area contributed by atoms with Crippen LogP contribution in [-0.4, -0.2) is 92.4 Å². The van der Waals surface area contributed by atoms with E-state index in [1.54, 1.807) is 6.92 Å². The van der Waals surface area contributed by atoms with Crippen LogP contribution >= 0.6 is 0 Å². The summed E-state index contributed by atoms with van der Waals surface area (Å²) in [6.45, 7) is 6.54. The van der Waals surface area contributed by atoms with Crippen LogP contribution in [0.3, 0.4) is 0 Å². The SMILES string of the molecule is C#CCOCCOCCOCCOCCOCCC(=O)NCc1ccc(-c2nnc(C)nn2)cc1. The Morgan fingerprint density at radius 2 is 1.31 bits per heavy atom. The number of amides is 1. The van der Waals surface area contributed by atoms with Gasteiger partial charge in [-0.25, -0.2) is 0 Å². The lowest BCUT2D eigenvalue weighted by atomic mass is 10.1. The van der Waals surface area contributed by atoms with Gasteiger partial charge in [-0.2, -0.15) is 0 Å². The molecule has 0 saturated heterocycles. The van der Waals surface area contributed by atoms with E-state index in [2.05, 4.69) is 31.6 Å². The van der Waals surface area contributed by atoms with Gasteiger partial charge in [0.05, 0.1) is 59.5 Å². The van der Waals surface area contributed by atoms with Crippen LogP contribution in [0.4, 0.5) is 0 Å². The van der Waals surface area contributed by atoms with E-state index in [-0.39, 0.29) is 12.3 Å². The minimum absolute atomic E-state index is 0.0801. The van der Waals surface area contributed by atoms with E-state index in [1.165, 1.54) is 0 Å². The van der Waals surface area contributed by atoms with Crippen molar-refractivity contribution in [2.24, 2.45) is 0 Å². The molecule has 0 aliphatic heterocycles. The summed E-state index contributed by atoms with van der Waals surface area (Å²) >= 11 is 0. The van der Waals surface area contributed by atoms with E-state index >= 15 is 0 Å². The van der Waals surface area contributed by atoms with Crippen molar-refractivity contribution in [1.29, 1.82) is 0 Å². The summed E-state index contributed by atoms with van der Waals surface area (Å²) < 4.78 is 26.6. The predicted molar refractivity (Wildman–Crippen MR) is 127 cm³/mol. The van der Waals surface area contributed by atoms with Gasteiger partial charge in [-0.3, -0.25) is 4.79 Å². The molecule has 1 aromatic heterocycles. The molecule has 0 atom stereocenters. The molecule has 1 amide bonds. The summed E-state index contributed by atoms with van der Waals surface area (Å²) in [5, 5.41) is 18.7. The number of hydrogen-bond acceptors (Lipinski definition) is 10. The summed E-state index contributed by atoms with van der Waals surface area (Å²) in [5.74, 6) is 3.29. The average Bonchev–Trinajstić information content (AvgIpc) is 2.88. The highest BCUT2D eigenvalue weighted by Crippen LogP contribution is 2.13. The zero-order chi connectivity index (χ0) is 25.0. The van der Waals surface area contributed by atoms with Crippen molar-refractivity contribution in [3.8, 4) is 23.7 Å². The summed E-state index contributed by atoms with van der Waals surface area (Å²) in [4.78, 5) is 12.0. The molecule has 1 N–H and O–H groups in total. The smallest absolute Gasteiger partial charge is 0.222 e. The zero-order valence-electron chi connectivity index (χ0n) is 20.1. The molecule has 0 aliphatic carbocycles. The van der Waals surface area contributed by atoms with Gasteiger partial charge in [0, 0.05) is 18.5 Å². The van der Waals surface area contributed by atoms with Crippen molar-refractivity contribution in [3.63, 3.8) is 0 Å². The third-order valence-electron chi connectivity index (χ3n) is 4.43. The lowest BCUT2D eigenvalue weighted by Crippen LogP contribution is -2.24. The van der Waals surface area contributed by atoms with Crippen LogP contribution in [0.1, 0.15) is 17.8 Å². The van der Waals surface area contributed by atoms with Crippen LogP contribution in [0, 0.1) is 19.3 Å². The Morgan fingerprint density at radius 3 is 1.86 bits per heavy atom. The number of nitrogens with one attached hydrogen (secondary N) is 1. The highest BCUT2D eigenvalue weighted by atomic mass is 16.6. The Hall–Kier alpha value is -3.01. The average molecular weight is 488 g/mol. The van der Waals surface area contributed by atoms with Crippen LogP contribution in [0.25, 0.3) is 11.4 Å². The van der Waals surface area contributed by atoms with E-state index < -0.39 is 0 Å². The van der Waals surface area contributed by atoms with Crippen molar-refractivity contribution in [3.05, 3.63) is 35.7 Å². The van der Waals surface area contributed by atoms with Crippen molar-refractivity contribution < 1.29 is 28.5 Å². The highest BCUT2D eigenvalue weighted by molar-refractivity contribution is 5.75. The molecule has 0 saturated carbocycles. The molecule has 11 heteroatoms. The summed E-state index contributed by atoms with van der Waals surface area (Å²) in [5.41, 5.74) is 1.78. The quantitative estimate of drug-likeness (QED) is 0.226. The molecule has 0 spiro atoms. The Balaban J connectivity index is 1.39. The van der Waals surface area contributed by atoms with Crippen LogP contribution in [0.15, 0.2) is 24.3 Å². The van der Waals surface area contributed by atoms with E-state index in [9.17, 15) is 4.79 Å². The molecule has 35 heavy (non-hydrogen) atoms. The zero-order valence-corrected chi connectivity index (χ0v) is 20.1. The van der Waals surface area contributed by atoms with Gasteiger partial charge in [0.25, 0.3) is 0 Å². The van der Waals surface area contributed by atoms with Gasteiger partial charge in [0.15, 0.2) is 5.82 Å². The molecule has 1 aromatic carbocycles. The predicted octanol–water partition coefficient (Wildman–Crippen LogP) is 0.965. The maximum atomic E-state index is 12.0. The second-order valence-electron chi connectivity index (χ2n) is 7.20. The molecule has 0 fully saturated rings. The molecule has 1 heterocycles.